The molecule has 0 fully saturated rings. The minimum Gasteiger partial charge on any atom is -0.496 e. The van der Waals surface area contributed by atoms with E-state index < -0.39 is 11.5 Å². The van der Waals surface area contributed by atoms with Crippen molar-refractivity contribution < 1.29 is 13.9 Å². The molecule has 7 rings (SSSR count). The summed E-state index contributed by atoms with van der Waals surface area (Å²) in [5.41, 5.74) is 2.88. The number of benzene rings is 3. The maximum atomic E-state index is 13.5. The first-order chi connectivity index (χ1) is 18.5. The van der Waals surface area contributed by atoms with Gasteiger partial charge in [0.15, 0.2) is 17.2 Å². The fourth-order valence-corrected chi connectivity index (χ4v) is 5.32. The number of aromatic nitrogens is 4. The van der Waals surface area contributed by atoms with E-state index in [0.29, 0.717) is 61.5 Å². The van der Waals surface area contributed by atoms with E-state index in [1.54, 1.807) is 42.2 Å². The van der Waals surface area contributed by atoms with Crippen molar-refractivity contribution >= 4 is 44.1 Å². The molecule has 0 saturated heterocycles. The molecule has 10 heteroatoms. The summed E-state index contributed by atoms with van der Waals surface area (Å²) in [6.07, 6.45) is 1.54. The Balaban J connectivity index is 1.54. The van der Waals surface area contributed by atoms with Crippen LogP contribution in [0.2, 0.25) is 5.02 Å². The number of para-hydroxylation sites is 1. The first kappa shape index (κ1) is 22.9. The highest BCUT2D eigenvalue weighted by Gasteiger charge is 2.37. The quantitative estimate of drug-likeness (QED) is 0.215. The second kappa shape index (κ2) is 8.68. The van der Waals surface area contributed by atoms with E-state index >= 15 is 0 Å². The van der Waals surface area contributed by atoms with Gasteiger partial charge in [-0.3, -0.25) is 0 Å². The second-order valence-corrected chi connectivity index (χ2v) is 10.1. The third kappa shape index (κ3) is 3.50. The smallest absolute Gasteiger partial charge is 0.344 e. The Bertz CT molecular complexity index is 1950. The molecule has 0 bridgehead atoms. The first-order valence-electron chi connectivity index (χ1n) is 11.6. The zero-order valence-corrected chi connectivity index (χ0v) is 22.0. The Kier molecular flexibility index (Phi) is 5.24. The summed E-state index contributed by atoms with van der Waals surface area (Å²) in [6.45, 7) is 0. The third-order valence-electron chi connectivity index (χ3n) is 6.57. The highest BCUT2D eigenvalue weighted by molar-refractivity contribution is 9.10. The number of hydrogen-bond donors (Lipinski definition) is 0. The van der Waals surface area contributed by atoms with Crippen LogP contribution in [0.25, 0.3) is 28.0 Å². The maximum absolute atomic E-state index is 13.5. The molecule has 1 aliphatic heterocycles. The molecule has 0 spiro atoms. The Morgan fingerprint density at radius 3 is 2.68 bits per heavy atom. The van der Waals surface area contributed by atoms with Crippen molar-refractivity contribution in [3.05, 3.63) is 110 Å². The number of nitrogens with zero attached hydrogens (tertiary/aromatic N) is 4. The van der Waals surface area contributed by atoms with E-state index in [1.165, 1.54) is 0 Å². The van der Waals surface area contributed by atoms with Crippen LogP contribution in [0.4, 0.5) is 0 Å². The van der Waals surface area contributed by atoms with Crippen LogP contribution in [0.15, 0.2) is 86.7 Å². The number of rotatable bonds is 3. The van der Waals surface area contributed by atoms with Crippen LogP contribution in [0, 0.1) is 0 Å². The monoisotopic (exact) mass is 586 g/mol. The summed E-state index contributed by atoms with van der Waals surface area (Å²) in [4.78, 5) is 22.9. The van der Waals surface area contributed by atoms with Crippen LogP contribution in [0.3, 0.4) is 0 Å². The highest BCUT2D eigenvalue weighted by atomic mass is 79.9. The molecular weight excluding hydrogens is 572 g/mol. The van der Waals surface area contributed by atoms with Crippen LogP contribution in [-0.4, -0.2) is 26.7 Å². The second-order valence-electron chi connectivity index (χ2n) is 8.73. The summed E-state index contributed by atoms with van der Waals surface area (Å²) in [7, 11) is 1.57. The lowest BCUT2D eigenvalue weighted by Crippen LogP contribution is -2.22. The molecule has 1 unspecified atom stereocenters. The van der Waals surface area contributed by atoms with Crippen molar-refractivity contribution in [3.63, 3.8) is 0 Å². The van der Waals surface area contributed by atoms with E-state index in [4.69, 9.17) is 30.5 Å². The van der Waals surface area contributed by atoms with E-state index in [2.05, 4.69) is 26.0 Å². The molecule has 3 aromatic carbocycles. The summed E-state index contributed by atoms with van der Waals surface area (Å²) in [6, 6.07) is 20.3. The number of fused-ring (bicyclic) bond motifs is 6. The van der Waals surface area contributed by atoms with Crippen LogP contribution in [0.1, 0.15) is 22.6 Å². The molecule has 0 amide bonds. The average molecular weight is 588 g/mol. The van der Waals surface area contributed by atoms with Gasteiger partial charge in [-0.25, -0.2) is 19.3 Å². The minimum absolute atomic E-state index is 0.339. The molecular formula is C28H16BrClN4O4. The molecule has 186 valence electrons. The van der Waals surface area contributed by atoms with Crippen molar-refractivity contribution in [1.82, 2.24) is 19.6 Å². The van der Waals surface area contributed by atoms with Gasteiger partial charge >= 0.3 is 5.63 Å². The minimum atomic E-state index is -0.572. The van der Waals surface area contributed by atoms with Gasteiger partial charge in [-0.1, -0.05) is 51.8 Å². The molecule has 0 aliphatic carbocycles. The van der Waals surface area contributed by atoms with E-state index in [0.717, 1.165) is 10.0 Å². The largest absolute Gasteiger partial charge is 0.496 e. The molecule has 0 N–H and O–H groups in total. The lowest BCUT2D eigenvalue weighted by Gasteiger charge is -2.27. The molecule has 38 heavy (non-hydrogen) atoms. The van der Waals surface area contributed by atoms with Gasteiger partial charge in [0.25, 0.3) is 0 Å². The Labute approximate surface area is 228 Å². The standard InChI is InChI=1S/C28H16BrClN4O4/c1-36-19-11-10-16(30)12-18(19)25-32-26-23-21(14-6-8-15(29)9-7-14)22-24(38-27(23)31-13-34(26)33-25)17-4-2-3-5-20(17)37-28(22)35/h2-13,21H,1H3. The fraction of sp³-hybridized carbons (Fsp3) is 0.0714. The topological polar surface area (TPSA) is 91.8 Å². The summed E-state index contributed by atoms with van der Waals surface area (Å²) < 4.78 is 20.1. The molecule has 4 heterocycles. The number of ether oxygens (including phenoxy) is 2. The van der Waals surface area contributed by atoms with Crippen molar-refractivity contribution in [3.8, 4) is 28.8 Å². The molecule has 0 radical (unpaired) electrons. The summed E-state index contributed by atoms with van der Waals surface area (Å²) >= 11 is 9.78. The predicted molar refractivity (Wildman–Crippen MR) is 145 cm³/mol. The molecule has 8 nitrogen and oxygen atoms in total. The number of hydrogen-bond acceptors (Lipinski definition) is 7. The molecule has 3 aromatic heterocycles. The number of methoxy groups -OCH3 is 1. The van der Waals surface area contributed by atoms with Crippen LogP contribution < -0.4 is 15.1 Å². The lowest BCUT2D eigenvalue weighted by atomic mass is 9.84. The van der Waals surface area contributed by atoms with Gasteiger partial charge in [0.1, 0.15) is 17.7 Å². The Morgan fingerprint density at radius 2 is 1.87 bits per heavy atom. The zero-order chi connectivity index (χ0) is 26.0. The van der Waals surface area contributed by atoms with Gasteiger partial charge in [0.05, 0.1) is 35.1 Å². The summed E-state index contributed by atoms with van der Waals surface area (Å²) in [5.74, 6) is 1.16. The fourth-order valence-electron chi connectivity index (χ4n) is 4.89. The highest BCUT2D eigenvalue weighted by Crippen LogP contribution is 2.49. The van der Waals surface area contributed by atoms with Crippen molar-refractivity contribution in [2.45, 2.75) is 5.92 Å². The van der Waals surface area contributed by atoms with Crippen molar-refractivity contribution in [2.75, 3.05) is 7.11 Å². The lowest BCUT2D eigenvalue weighted by molar-refractivity contribution is 0.416. The predicted octanol–water partition coefficient (Wildman–Crippen LogP) is 6.61. The van der Waals surface area contributed by atoms with Gasteiger partial charge in [-0.15, -0.1) is 5.10 Å². The van der Waals surface area contributed by atoms with Crippen molar-refractivity contribution in [1.29, 1.82) is 0 Å². The average Bonchev–Trinajstić information content (AvgIpc) is 3.37. The van der Waals surface area contributed by atoms with Gasteiger partial charge in [-0.05, 0) is 48.0 Å². The Hall–Kier alpha value is -4.21. The summed E-state index contributed by atoms with van der Waals surface area (Å²) in [5, 5.41) is 5.86. The van der Waals surface area contributed by atoms with Crippen LogP contribution >= 0.6 is 27.5 Å². The maximum Gasteiger partial charge on any atom is 0.344 e. The van der Waals surface area contributed by atoms with Crippen LogP contribution in [-0.2, 0) is 0 Å². The molecule has 0 saturated carbocycles. The van der Waals surface area contributed by atoms with Crippen molar-refractivity contribution in [2.24, 2.45) is 0 Å². The van der Waals surface area contributed by atoms with Gasteiger partial charge in [-0.2, -0.15) is 0 Å². The zero-order valence-electron chi connectivity index (χ0n) is 19.7. The molecule has 1 aliphatic rings. The molecule has 1 atom stereocenters. The number of halogens is 2. The molecule has 6 aromatic rings. The first-order valence-corrected chi connectivity index (χ1v) is 12.8. The Morgan fingerprint density at radius 1 is 1.05 bits per heavy atom. The van der Waals surface area contributed by atoms with E-state index in [1.807, 2.05) is 42.5 Å². The van der Waals surface area contributed by atoms with Gasteiger partial charge < -0.3 is 13.9 Å². The third-order valence-corrected chi connectivity index (χ3v) is 7.33. The van der Waals surface area contributed by atoms with Crippen LogP contribution in [0.5, 0.6) is 17.4 Å². The van der Waals surface area contributed by atoms with Gasteiger partial charge in [0.2, 0.25) is 5.88 Å². The SMILES string of the molecule is COc1ccc(Cl)cc1-c1nc2c3c(ncn2n1)Oc1c(c(=O)oc2ccccc12)C3c1ccc(Br)cc1. The van der Waals surface area contributed by atoms with E-state index in [-0.39, 0.29) is 0 Å². The van der Waals surface area contributed by atoms with Gasteiger partial charge in [0, 0.05) is 9.50 Å². The normalized spacial score (nSPS) is 14.2. The van der Waals surface area contributed by atoms with E-state index in [9.17, 15) is 4.79 Å².